The molecule has 0 radical (unpaired) electrons. The number of aromatic nitrogens is 5. The average molecular weight is 714 g/mol. The van der Waals surface area contributed by atoms with Gasteiger partial charge in [0.2, 0.25) is 11.7 Å². The number of alkyl halides is 3. The summed E-state index contributed by atoms with van der Waals surface area (Å²) in [6.07, 6.45) is -0.171. The number of nitrogens with one attached hydrogen (secondary N) is 1. The molecule has 13 nitrogen and oxygen atoms in total. The van der Waals surface area contributed by atoms with Crippen molar-refractivity contribution in [3.8, 4) is 5.75 Å². The Hall–Kier alpha value is -4.80. The molecule has 3 aliphatic rings. The standard InChI is InChI=1S/C33H31ClF3N7O6/c1-18-16-32(9-11-42(18)30(48)27-24(45)3-2-10-38-27)26-23(8-14-50-32)43(17-25(46)39-22-5-4-20(15-21(22)34)33(35,36)37)31-40-28(41-44(31)29(26)47)19-6-12-49-13-7-19/h2-6,10,15,18,45H,7-9,11-14,16-17H2,1H3,(H,39,46)/t18-,32?/m1/s1. The van der Waals surface area contributed by atoms with Crippen molar-refractivity contribution in [1.82, 2.24) is 29.0 Å². The number of fused-ring (bicyclic) bond motifs is 3. The van der Waals surface area contributed by atoms with Gasteiger partial charge in [0.1, 0.15) is 17.9 Å². The zero-order valence-electron chi connectivity index (χ0n) is 26.7. The van der Waals surface area contributed by atoms with Crippen LogP contribution in [0.15, 0.2) is 47.4 Å². The normalized spacial score (nSPS) is 20.9. The molecule has 3 aliphatic heterocycles. The quantitative estimate of drug-likeness (QED) is 0.310. The van der Waals surface area contributed by atoms with Crippen LogP contribution in [-0.4, -0.2) is 78.4 Å². The van der Waals surface area contributed by atoms with Crippen LogP contribution in [0, 0.1) is 0 Å². The molecule has 17 heteroatoms. The number of anilines is 1. The van der Waals surface area contributed by atoms with E-state index in [2.05, 4.69) is 20.4 Å². The van der Waals surface area contributed by atoms with E-state index in [1.54, 1.807) is 9.47 Å². The number of amides is 2. The van der Waals surface area contributed by atoms with Crippen LogP contribution in [0.3, 0.4) is 0 Å². The molecule has 1 saturated heterocycles. The second-order valence-electron chi connectivity index (χ2n) is 12.4. The van der Waals surface area contributed by atoms with Gasteiger partial charge in [0.05, 0.1) is 41.7 Å². The predicted molar refractivity (Wildman–Crippen MR) is 173 cm³/mol. The van der Waals surface area contributed by atoms with Gasteiger partial charge >= 0.3 is 6.18 Å². The van der Waals surface area contributed by atoms with Gasteiger partial charge in [0.25, 0.3) is 11.5 Å². The van der Waals surface area contributed by atoms with Crippen LogP contribution in [0.5, 0.6) is 5.75 Å². The van der Waals surface area contributed by atoms with Crippen molar-refractivity contribution in [2.75, 3.05) is 31.7 Å². The molecule has 1 spiro atoms. The van der Waals surface area contributed by atoms with E-state index >= 15 is 0 Å². The van der Waals surface area contributed by atoms with Crippen molar-refractivity contribution < 1.29 is 37.3 Å². The molecular formula is C33H31ClF3N7O6. The van der Waals surface area contributed by atoms with Crippen LogP contribution in [0.2, 0.25) is 5.02 Å². The van der Waals surface area contributed by atoms with Gasteiger partial charge in [0.15, 0.2) is 11.5 Å². The number of ether oxygens (including phenoxy) is 2. The number of hydrogen-bond donors (Lipinski definition) is 2. The Morgan fingerprint density at radius 3 is 2.72 bits per heavy atom. The molecule has 1 fully saturated rings. The van der Waals surface area contributed by atoms with Crippen molar-refractivity contribution >= 4 is 40.5 Å². The molecule has 0 bridgehead atoms. The molecule has 2 amide bonds. The lowest BCUT2D eigenvalue weighted by atomic mass is 9.78. The summed E-state index contributed by atoms with van der Waals surface area (Å²) in [5, 5.41) is 17.1. The van der Waals surface area contributed by atoms with E-state index in [1.807, 2.05) is 13.0 Å². The maximum atomic E-state index is 14.4. The van der Waals surface area contributed by atoms with E-state index in [0.29, 0.717) is 31.2 Å². The van der Waals surface area contributed by atoms with Crippen LogP contribution < -0.4 is 10.9 Å². The molecule has 1 aromatic carbocycles. The van der Waals surface area contributed by atoms with Gasteiger partial charge in [-0.2, -0.15) is 22.7 Å². The number of piperidine rings is 1. The molecule has 4 aromatic rings. The molecule has 50 heavy (non-hydrogen) atoms. The summed E-state index contributed by atoms with van der Waals surface area (Å²) in [6, 6.07) is 5.09. The molecule has 1 unspecified atom stereocenters. The highest BCUT2D eigenvalue weighted by molar-refractivity contribution is 6.33. The minimum Gasteiger partial charge on any atom is -0.505 e. The summed E-state index contributed by atoms with van der Waals surface area (Å²) in [7, 11) is 0. The minimum absolute atomic E-state index is 0.0188. The van der Waals surface area contributed by atoms with E-state index in [0.717, 1.165) is 28.3 Å². The average Bonchev–Trinajstić information content (AvgIpc) is 3.54. The van der Waals surface area contributed by atoms with Crippen molar-refractivity contribution in [3.05, 3.63) is 86.3 Å². The fraction of sp³-hybridized carbons (Fsp3) is 0.394. The first-order valence-corrected chi connectivity index (χ1v) is 16.3. The summed E-state index contributed by atoms with van der Waals surface area (Å²) in [5.41, 5.74) is -1.13. The Morgan fingerprint density at radius 1 is 1.20 bits per heavy atom. The predicted octanol–water partition coefficient (Wildman–Crippen LogP) is 4.20. The largest absolute Gasteiger partial charge is 0.505 e. The summed E-state index contributed by atoms with van der Waals surface area (Å²) in [5.74, 6) is -0.927. The monoisotopic (exact) mass is 713 g/mol. The van der Waals surface area contributed by atoms with Crippen LogP contribution in [0.25, 0.3) is 11.4 Å². The third-order valence-corrected chi connectivity index (χ3v) is 9.62. The third-order valence-electron chi connectivity index (χ3n) is 9.31. The van der Waals surface area contributed by atoms with E-state index < -0.39 is 40.8 Å². The van der Waals surface area contributed by atoms with E-state index in [4.69, 9.17) is 21.1 Å². The second-order valence-corrected chi connectivity index (χ2v) is 12.8. The van der Waals surface area contributed by atoms with Crippen molar-refractivity contribution in [2.45, 2.75) is 57.0 Å². The van der Waals surface area contributed by atoms with Gasteiger partial charge in [-0.05, 0) is 55.7 Å². The van der Waals surface area contributed by atoms with Gasteiger partial charge in [-0.1, -0.05) is 17.7 Å². The first-order chi connectivity index (χ1) is 23.9. The van der Waals surface area contributed by atoms with Crippen LogP contribution in [-0.2, 0) is 39.0 Å². The number of nitrogens with zero attached hydrogens (tertiary/aromatic N) is 6. The molecule has 0 saturated carbocycles. The number of likely N-dealkylation sites (tertiary alicyclic amines) is 1. The molecule has 7 rings (SSSR count). The zero-order chi connectivity index (χ0) is 35.4. The number of carbonyl (C=O) groups excluding carboxylic acids is 2. The number of pyridine rings is 1. The topological polar surface area (TPSA) is 153 Å². The summed E-state index contributed by atoms with van der Waals surface area (Å²) < 4.78 is 54.2. The highest BCUT2D eigenvalue weighted by Crippen LogP contribution is 2.43. The Bertz CT molecular complexity index is 2120. The van der Waals surface area contributed by atoms with Gasteiger partial charge in [0, 0.05) is 37.3 Å². The van der Waals surface area contributed by atoms with Crippen LogP contribution >= 0.6 is 11.6 Å². The number of benzene rings is 1. The molecular weight excluding hydrogens is 683 g/mol. The van der Waals surface area contributed by atoms with E-state index in [-0.39, 0.29) is 72.5 Å². The molecule has 2 atom stereocenters. The van der Waals surface area contributed by atoms with Crippen molar-refractivity contribution in [1.29, 1.82) is 0 Å². The lowest BCUT2D eigenvalue weighted by molar-refractivity contribution is -0.137. The molecule has 0 aliphatic carbocycles. The Labute approximate surface area is 287 Å². The van der Waals surface area contributed by atoms with E-state index in [9.17, 15) is 32.7 Å². The number of rotatable bonds is 5. The smallest absolute Gasteiger partial charge is 0.416 e. The molecule has 3 aromatic heterocycles. The highest BCUT2D eigenvalue weighted by Gasteiger charge is 2.48. The number of hydrogen-bond acceptors (Lipinski definition) is 9. The van der Waals surface area contributed by atoms with Crippen molar-refractivity contribution in [2.24, 2.45) is 0 Å². The first-order valence-electron chi connectivity index (χ1n) is 15.9. The first kappa shape index (κ1) is 33.7. The second kappa shape index (κ2) is 12.8. The fourth-order valence-electron chi connectivity index (χ4n) is 6.96. The Morgan fingerprint density at radius 2 is 2.02 bits per heavy atom. The summed E-state index contributed by atoms with van der Waals surface area (Å²) >= 11 is 6.13. The zero-order valence-corrected chi connectivity index (χ0v) is 27.4. The third kappa shape index (κ3) is 6.00. The SMILES string of the molecule is C[C@@H]1CC2(CCN1C(=O)c1ncccc1O)OCCc1c2c(=O)n2nc(C3=CCOCC3)nc2n1CC(=O)Nc1ccc(C(F)(F)F)cc1Cl. The Balaban J connectivity index is 1.28. The maximum Gasteiger partial charge on any atom is 0.416 e. The van der Waals surface area contributed by atoms with Gasteiger partial charge in [-0.15, -0.1) is 5.10 Å². The lowest BCUT2D eigenvalue weighted by Crippen LogP contribution is -2.55. The number of halogens is 4. The lowest BCUT2D eigenvalue weighted by Gasteiger charge is -2.47. The minimum atomic E-state index is -4.61. The maximum absolute atomic E-state index is 14.4. The number of aromatic hydroxyl groups is 1. The molecule has 262 valence electrons. The Kier molecular flexibility index (Phi) is 8.64. The van der Waals surface area contributed by atoms with Crippen LogP contribution in [0.4, 0.5) is 18.9 Å². The van der Waals surface area contributed by atoms with Crippen LogP contribution in [0.1, 0.15) is 59.3 Å². The van der Waals surface area contributed by atoms with Gasteiger partial charge in [-0.25, -0.2) is 4.98 Å². The fourth-order valence-corrected chi connectivity index (χ4v) is 7.19. The van der Waals surface area contributed by atoms with Crippen molar-refractivity contribution in [3.63, 3.8) is 0 Å². The summed E-state index contributed by atoms with van der Waals surface area (Å²) in [6.45, 7) is 2.61. The summed E-state index contributed by atoms with van der Waals surface area (Å²) in [4.78, 5) is 51.7. The highest BCUT2D eigenvalue weighted by atomic mass is 35.5. The van der Waals surface area contributed by atoms with Gasteiger partial charge in [-0.3, -0.25) is 14.4 Å². The van der Waals surface area contributed by atoms with Gasteiger partial charge < -0.3 is 29.4 Å². The van der Waals surface area contributed by atoms with E-state index in [1.165, 1.54) is 18.3 Å². The number of carbonyl (C=O) groups is 2. The molecule has 6 heterocycles. The molecule has 2 N–H and O–H groups in total.